The van der Waals surface area contributed by atoms with Gasteiger partial charge in [0.05, 0.1) is 19.7 Å². The van der Waals surface area contributed by atoms with Crippen molar-refractivity contribution in [2.75, 3.05) is 13.2 Å². The fourth-order valence-electron chi connectivity index (χ4n) is 1.79. The highest BCUT2D eigenvalue weighted by molar-refractivity contribution is 6.01. The van der Waals surface area contributed by atoms with Crippen molar-refractivity contribution in [1.29, 1.82) is 0 Å². The number of amides is 1. The van der Waals surface area contributed by atoms with Crippen molar-refractivity contribution < 1.29 is 14.3 Å². The van der Waals surface area contributed by atoms with Gasteiger partial charge in [-0.25, -0.2) is 4.79 Å². The molecule has 1 aliphatic heterocycles. The molecule has 0 unspecified atom stereocenters. The summed E-state index contributed by atoms with van der Waals surface area (Å²) < 4.78 is 4.88. The molecule has 1 aromatic rings. The maximum atomic E-state index is 11.8. The number of Topliss-reactive ketones (excluding diaryl/α,β-unsaturated/α-hetero) is 1. The summed E-state index contributed by atoms with van der Waals surface area (Å²) in [6.45, 7) is 2.62. The molecule has 0 aromatic heterocycles. The number of fused-ring (bicyclic) bond motifs is 1. The first kappa shape index (κ1) is 10.7. The van der Waals surface area contributed by atoms with Gasteiger partial charge in [0.15, 0.2) is 5.78 Å². The van der Waals surface area contributed by atoms with Crippen molar-refractivity contribution in [3.05, 3.63) is 35.4 Å². The zero-order valence-corrected chi connectivity index (χ0v) is 9.10. The molecule has 0 fully saturated rings. The third-order valence-corrected chi connectivity index (χ3v) is 2.54. The first-order valence-electron chi connectivity index (χ1n) is 5.25. The van der Waals surface area contributed by atoms with Crippen LogP contribution in [0.25, 0.3) is 0 Å². The molecule has 0 spiro atoms. The minimum atomic E-state index is -0.426. The number of hydrogen-bond donors (Lipinski definition) is 0. The lowest BCUT2D eigenvalue weighted by molar-refractivity contribution is 0.0797. The Kier molecular flexibility index (Phi) is 2.90. The molecule has 4 nitrogen and oxygen atoms in total. The molecule has 1 heterocycles. The van der Waals surface area contributed by atoms with Crippen LogP contribution in [-0.2, 0) is 11.3 Å². The van der Waals surface area contributed by atoms with Crippen LogP contribution >= 0.6 is 0 Å². The number of carbonyl (C=O) groups is 2. The van der Waals surface area contributed by atoms with Crippen LogP contribution in [-0.4, -0.2) is 29.9 Å². The Morgan fingerprint density at radius 3 is 2.88 bits per heavy atom. The van der Waals surface area contributed by atoms with Gasteiger partial charge in [0.2, 0.25) is 0 Å². The van der Waals surface area contributed by atoms with Crippen LogP contribution in [0.4, 0.5) is 4.79 Å². The zero-order valence-electron chi connectivity index (χ0n) is 9.10. The fourth-order valence-corrected chi connectivity index (χ4v) is 1.79. The number of benzene rings is 1. The summed E-state index contributed by atoms with van der Waals surface area (Å²) in [4.78, 5) is 24.7. The summed E-state index contributed by atoms with van der Waals surface area (Å²) in [5.74, 6) is -0.0325. The molecule has 4 heteroatoms. The van der Waals surface area contributed by atoms with E-state index >= 15 is 0 Å². The molecule has 16 heavy (non-hydrogen) atoms. The van der Waals surface area contributed by atoms with E-state index < -0.39 is 6.09 Å². The van der Waals surface area contributed by atoms with E-state index in [0.29, 0.717) is 18.7 Å². The second kappa shape index (κ2) is 4.35. The van der Waals surface area contributed by atoms with Crippen LogP contribution in [0.3, 0.4) is 0 Å². The zero-order chi connectivity index (χ0) is 11.5. The molecule has 1 amide bonds. The maximum absolute atomic E-state index is 11.8. The van der Waals surface area contributed by atoms with Crippen molar-refractivity contribution in [2.45, 2.75) is 13.5 Å². The monoisotopic (exact) mass is 219 g/mol. The van der Waals surface area contributed by atoms with Crippen LogP contribution in [0.5, 0.6) is 0 Å². The highest BCUT2D eigenvalue weighted by Crippen LogP contribution is 2.18. The average molecular weight is 219 g/mol. The van der Waals surface area contributed by atoms with Crippen molar-refractivity contribution in [3.63, 3.8) is 0 Å². The number of nitrogens with zero attached hydrogens (tertiary/aromatic N) is 1. The summed E-state index contributed by atoms with van der Waals surface area (Å²) in [6.07, 6.45) is -0.426. The van der Waals surface area contributed by atoms with E-state index in [0.717, 1.165) is 5.56 Å². The van der Waals surface area contributed by atoms with Crippen LogP contribution in [0.2, 0.25) is 0 Å². The van der Waals surface area contributed by atoms with Gasteiger partial charge in [0, 0.05) is 5.56 Å². The lowest BCUT2D eigenvalue weighted by Crippen LogP contribution is -2.39. The Bertz CT molecular complexity index is 428. The van der Waals surface area contributed by atoms with E-state index in [1.54, 1.807) is 13.0 Å². The van der Waals surface area contributed by atoms with E-state index in [-0.39, 0.29) is 12.3 Å². The van der Waals surface area contributed by atoms with Crippen LogP contribution in [0, 0.1) is 0 Å². The molecule has 0 N–H and O–H groups in total. The molecular formula is C12H13NO3. The SMILES string of the molecule is CCOC(=O)N1CC(=O)c2ccccc2C1. The van der Waals surface area contributed by atoms with Crippen molar-refractivity contribution in [3.8, 4) is 0 Å². The van der Waals surface area contributed by atoms with Crippen LogP contribution in [0.1, 0.15) is 22.8 Å². The van der Waals surface area contributed by atoms with Gasteiger partial charge in [0.25, 0.3) is 0 Å². The minimum Gasteiger partial charge on any atom is -0.450 e. The van der Waals surface area contributed by atoms with Gasteiger partial charge in [-0.1, -0.05) is 24.3 Å². The molecule has 1 aromatic carbocycles. The molecule has 0 atom stereocenters. The number of ether oxygens (including phenoxy) is 1. The summed E-state index contributed by atoms with van der Waals surface area (Å²) >= 11 is 0. The predicted molar refractivity (Wildman–Crippen MR) is 58.2 cm³/mol. The predicted octanol–water partition coefficient (Wildman–Crippen LogP) is 1.84. The van der Waals surface area contributed by atoms with E-state index in [2.05, 4.69) is 0 Å². The third kappa shape index (κ3) is 1.91. The molecule has 0 radical (unpaired) electrons. The lowest BCUT2D eigenvalue weighted by Gasteiger charge is -2.26. The summed E-state index contributed by atoms with van der Waals surface area (Å²) in [7, 11) is 0. The Morgan fingerprint density at radius 2 is 2.12 bits per heavy atom. The minimum absolute atomic E-state index is 0.0325. The standard InChI is InChI=1S/C12H13NO3/c1-2-16-12(15)13-7-9-5-3-4-6-10(9)11(14)8-13/h3-6H,2,7-8H2,1H3. The molecule has 84 valence electrons. The fraction of sp³-hybridized carbons (Fsp3) is 0.333. The van der Waals surface area contributed by atoms with E-state index in [4.69, 9.17) is 4.74 Å². The number of rotatable bonds is 1. The van der Waals surface area contributed by atoms with Gasteiger partial charge in [-0.05, 0) is 12.5 Å². The smallest absolute Gasteiger partial charge is 0.410 e. The molecule has 0 aliphatic carbocycles. The summed E-state index contributed by atoms with van der Waals surface area (Å²) in [6, 6.07) is 7.34. The summed E-state index contributed by atoms with van der Waals surface area (Å²) in [5, 5.41) is 0. The largest absolute Gasteiger partial charge is 0.450 e. The highest BCUT2D eigenvalue weighted by atomic mass is 16.6. The average Bonchev–Trinajstić information content (AvgIpc) is 2.29. The van der Waals surface area contributed by atoms with E-state index in [1.807, 2.05) is 18.2 Å². The highest BCUT2D eigenvalue weighted by Gasteiger charge is 2.26. The van der Waals surface area contributed by atoms with Crippen LogP contribution in [0.15, 0.2) is 24.3 Å². The molecule has 0 bridgehead atoms. The summed E-state index contributed by atoms with van der Waals surface area (Å²) in [5.41, 5.74) is 1.59. The Hall–Kier alpha value is -1.84. The van der Waals surface area contributed by atoms with E-state index in [9.17, 15) is 9.59 Å². The second-order valence-corrected chi connectivity index (χ2v) is 3.64. The number of carbonyl (C=O) groups excluding carboxylic acids is 2. The Balaban J connectivity index is 2.21. The number of ketones is 1. The van der Waals surface area contributed by atoms with Gasteiger partial charge < -0.3 is 4.74 Å². The third-order valence-electron chi connectivity index (χ3n) is 2.54. The molecule has 2 rings (SSSR count). The van der Waals surface area contributed by atoms with Gasteiger partial charge in [-0.2, -0.15) is 0 Å². The van der Waals surface area contributed by atoms with Crippen LogP contribution < -0.4 is 0 Å². The molecule has 1 aliphatic rings. The first-order valence-corrected chi connectivity index (χ1v) is 5.25. The maximum Gasteiger partial charge on any atom is 0.410 e. The van der Waals surface area contributed by atoms with E-state index in [1.165, 1.54) is 4.90 Å². The van der Waals surface area contributed by atoms with Crippen molar-refractivity contribution in [1.82, 2.24) is 4.90 Å². The van der Waals surface area contributed by atoms with Gasteiger partial charge in [0.1, 0.15) is 0 Å². The first-order chi connectivity index (χ1) is 7.72. The van der Waals surface area contributed by atoms with Gasteiger partial charge in [-0.15, -0.1) is 0 Å². The van der Waals surface area contributed by atoms with Crippen molar-refractivity contribution >= 4 is 11.9 Å². The van der Waals surface area contributed by atoms with Gasteiger partial charge in [-0.3, -0.25) is 9.69 Å². The number of hydrogen-bond acceptors (Lipinski definition) is 3. The Morgan fingerprint density at radius 1 is 1.38 bits per heavy atom. The molecular weight excluding hydrogens is 206 g/mol. The molecule has 0 saturated carbocycles. The topological polar surface area (TPSA) is 46.6 Å². The normalized spacial score (nSPS) is 14.6. The second-order valence-electron chi connectivity index (χ2n) is 3.64. The van der Waals surface area contributed by atoms with Crippen molar-refractivity contribution in [2.24, 2.45) is 0 Å². The van der Waals surface area contributed by atoms with Gasteiger partial charge >= 0.3 is 6.09 Å². The molecule has 0 saturated heterocycles. The Labute approximate surface area is 93.8 Å². The lowest BCUT2D eigenvalue weighted by atomic mass is 9.99. The quantitative estimate of drug-likeness (QED) is 0.724.